The molecule has 1 heterocycles. The Bertz CT molecular complexity index is 677. The first-order valence-corrected chi connectivity index (χ1v) is 8.58. The topological polar surface area (TPSA) is 45.5 Å². The van der Waals surface area contributed by atoms with Crippen LogP contribution in [0.4, 0.5) is 8.78 Å². The summed E-state index contributed by atoms with van der Waals surface area (Å²) in [6.45, 7) is 0.926. The van der Waals surface area contributed by atoms with Gasteiger partial charge in [0, 0.05) is 18.7 Å². The number of carbonyl (C=O) groups is 1. The summed E-state index contributed by atoms with van der Waals surface area (Å²) in [6, 6.07) is 7.36. The Balaban J connectivity index is 1.57. The van der Waals surface area contributed by atoms with Crippen molar-refractivity contribution in [2.45, 2.75) is 44.8 Å². The Hall–Kier alpha value is -2.21. The molecule has 1 aromatic heterocycles. The molecule has 1 saturated carbocycles. The summed E-state index contributed by atoms with van der Waals surface area (Å²) in [4.78, 5) is 14.4. The number of halogens is 2. The van der Waals surface area contributed by atoms with Crippen LogP contribution in [0.2, 0.25) is 0 Å². The quantitative estimate of drug-likeness (QED) is 0.831. The monoisotopic (exact) mass is 348 g/mol. The zero-order valence-corrected chi connectivity index (χ0v) is 14.0. The van der Waals surface area contributed by atoms with Gasteiger partial charge in [0.1, 0.15) is 17.4 Å². The lowest BCUT2D eigenvalue weighted by Crippen LogP contribution is -2.41. The predicted octanol–water partition coefficient (Wildman–Crippen LogP) is 3.62. The van der Waals surface area contributed by atoms with Gasteiger partial charge >= 0.3 is 0 Å². The van der Waals surface area contributed by atoms with Gasteiger partial charge in [-0.1, -0.05) is 12.8 Å². The Morgan fingerprint density at radius 3 is 2.56 bits per heavy atom. The van der Waals surface area contributed by atoms with Gasteiger partial charge in [0.05, 0.1) is 19.4 Å². The van der Waals surface area contributed by atoms with Crippen LogP contribution < -0.4 is 5.32 Å². The van der Waals surface area contributed by atoms with Crippen molar-refractivity contribution in [3.63, 3.8) is 0 Å². The Morgan fingerprint density at radius 1 is 1.20 bits per heavy atom. The maximum atomic E-state index is 13.2. The third-order valence-electron chi connectivity index (χ3n) is 4.54. The molecule has 0 saturated heterocycles. The van der Waals surface area contributed by atoms with Crippen LogP contribution in [0.25, 0.3) is 0 Å². The van der Waals surface area contributed by atoms with E-state index in [0.717, 1.165) is 24.7 Å². The van der Waals surface area contributed by atoms with Crippen LogP contribution in [0.5, 0.6) is 0 Å². The largest absolute Gasteiger partial charge is 0.468 e. The molecule has 25 heavy (non-hydrogen) atoms. The minimum atomic E-state index is -0.644. The molecule has 134 valence electrons. The molecule has 0 bridgehead atoms. The lowest BCUT2D eigenvalue weighted by atomic mass is 10.2. The fourth-order valence-corrected chi connectivity index (χ4v) is 3.34. The van der Waals surface area contributed by atoms with E-state index >= 15 is 0 Å². The molecule has 0 radical (unpaired) electrons. The molecule has 1 aliphatic rings. The first kappa shape index (κ1) is 17.6. The summed E-state index contributed by atoms with van der Waals surface area (Å²) in [6.07, 6.45) is 6.11. The predicted molar refractivity (Wildman–Crippen MR) is 89.6 cm³/mol. The van der Waals surface area contributed by atoms with Gasteiger partial charge in [-0.3, -0.25) is 9.69 Å². The van der Waals surface area contributed by atoms with E-state index in [4.69, 9.17) is 4.42 Å². The number of furan rings is 1. The van der Waals surface area contributed by atoms with E-state index in [-0.39, 0.29) is 19.0 Å². The summed E-state index contributed by atoms with van der Waals surface area (Å²) in [5.74, 6) is -0.626. The molecule has 3 rings (SSSR count). The molecule has 0 aliphatic heterocycles. The maximum absolute atomic E-state index is 13.2. The lowest BCUT2D eigenvalue weighted by Gasteiger charge is -2.27. The van der Waals surface area contributed by atoms with Crippen LogP contribution >= 0.6 is 0 Å². The van der Waals surface area contributed by atoms with Gasteiger partial charge in [-0.2, -0.15) is 0 Å². The number of nitrogens with zero attached hydrogens (tertiary/aromatic N) is 1. The molecule has 1 aliphatic carbocycles. The summed E-state index contributed by atoms with van der Waals surface area (Å²) in [5, 5.41) is 2.74. The van der Waals surface area contributed by atoms with Crippen molar-refractivity contribution in [2.24, 2.45) is 0 Å². The van der Waals surface area contributed by atoms with E-state index in [1.165, 1.54) is 25.0 Å². The molecule has 0 unspecified atom stereocenters. The van der Waals surface area contributed by atoms with Crippen LogP contribution in [0, 0.1) is 11.6 Å². The molecule has 1 N–H and O–H groups in total. The van der Waals surface area contributed by atoms with E-state index in [1.54, 1.807) is 6.26 Å². The van der Waals surface area contributed by atoms with Crippen LogP contribution in [0.1, 0.15) is 37.0 Å². The molecule has 1 aromatic carbocycles. The smallest absolute Gasteiger partial charge is 0.234 e. The first-order chi connectivity index (χ1) is 12.1. The van der Waals surface area contributed by atoms with Crippen molar-refractivity contribution >= 4 is 5.91 Å². The number of rotatable bonds is 7. The lowest BCUT2D eigenvalue weighted by molar-refractivity contribution is -0.123. The van der Waals surface area contributed by atoms with Gasteiger partial charge in [0.2, 0.25) is 5.91 Å². The number of benzene rings is 1. The summed E-state index contributed by atoms with van der Waals surface area (Å²) in [5.41, 5.74) is 0.407. The Morgan fingerprint density at radius 2 is 1.92 bits per heavy atom. The fourth-order valence-electron chi connectivity index (χ4n) is 3.34. The van der Waals surface area contributed by atoms with Gasteiger partial charge in [0.15, 0.2) is 0 Å². The zero-order valence-electron chi connectivity index (χ0n) is 14.0. The highest BCUT2D eigenvalue weighted by atomic mass is 19.1. The average molecular weight is 348 g/mol. The SMILES string of the molecule is O=C(CN(Cc1ccco1)C1CCCC1)NCc1cc(F)cc(F)c1. The van der Waals surface area contributed by atoms with E-state index in [0.29, 0.717) is 18.2 Å². The summed E-state index contributed by atoms with van der Waals surface area (Å²) < 4.78 is 31.8. The van der Waals surface area contributed by atoms with E-state index < -0.39 is 11.6 Å². The van der Waals surface area contributed by atoms with Crippen LogP contribution in [0.15, 0.2) is 41.0 Å². The third kappa shape index (κ3) is 5.13. The highest BCUT2D eigenvalue weighted by Crippen LogP contribution is 2.24. The van der Waals surface area contributed by atoms with Crippen molar-refractivity contribution in [3.05, 3.63) is 59.6 Å². The van der Waals surface area contributed by atoms with Crippen molar-refractivity contribution in [1.82, 2.24) is 10.2 Å². The Kier molecular flexibility index (Phi) is 5.81. The number of amides is 1. The molecule has 1 amide bonds. The first-order valence-electron chi connectivity index (χ1n) is 8.58. The van der Waals surface area contributed by atoms with E-state index in [9.17, 15) is 13.6 Å². The highest BCUT2D eigenvalue weighted by molar-refractivity contribution is 5.78. The number of carbonyl (C=O) groups excluding carboxylic acids is 1. The molecular weight excluding hydrogens is 326 g/mol. The normalized spacial score (nSPS) is 15.0. The van der Waals surface area contributed by atoms with E-state index in [1.807, 2.05) is 12.1 Å². The van der Waals surface area contributed by atoms with Gasteiger partial charge in [-0.15, -0.1) is 0 Å². The van der Waals surface area contributed by atoms with Crippen LogP contribution in [-0.4, -0.2) is 23.4 Å². The molecule has 0 spiro atoms. The van der Waals surface area contributed by atoms with Gasteiger partial charge in [0.25, 0.3) is 0 Å². The molecular formula is C19H22F2N2O2. The van der Waals surface area contributed by atoms with Gasteiger partial charge in [-0.05, 0) is 42.7 Å². The van der Waals surface area contributed by atoms with Crippen molar-refractivity contribution < 1.29 is 18.0 Å². The van der Waals surface area contributed by atoms with Crippen LogP contribution in [-0.2, 0) is 17.9 Å². The van der Waals surface area contributed by atoms with Crippen LogP contribution in [0.3, 0.4) is 0 Å². The Labute approximate surface area is 145 Å². The fraction of sp³-hybridized carbons (Fsp3) is 0.421. The van der Waals surface area contributed by atoms with Crippen molar-refractivity contribution in [1.29, 1.82) is 0 Å². The second kappa shape index (κ2) is 8.25. The maximum Gasteiger partial charge on any atom is 0.234 e. The summed E-state index contributed by atoms with van der Waals surface area (Å²) in [7, 11) is 0. The zero-order chi connectivity index (χ0) is 17.6. The number of hydrogen-bond acceptors (Lipinski definition) is 3. The molecule has 2 aromatic rings. The van der Waals surface area contributed by atoms with Gasteiger partial charge in [-0.25, -0.2) is 8.78 Å². The molecule has 1 fully saturated rings. The van der Waals surface area contributed by atoms with Crippen molar-refractivity contribution in [3.8, 4) is 0 Å². The average Bonchev–Trinajstić information content (AvgIpc) is 3.25. The number of hydrogen-bond donors (Lipinski definition) is 1. The molecule has 6 heteroatoms. The standard InChI is InChI=1S/C19H22F2N2O2/c20-15-8-14(9-16(21)10-15)11-22-19(24)13-23(17-4-1-2-5-17)12-18-6-3-7-25-18/h3,6-10,17H,1-2,4-5,11-13H2,(H,22,24). The van der Waals surface area contributed by atoms with Crippen molar-refractivity contribution in [2.75, 3.05) is 6.54 Å². The second-order valence-corrected chi connectivity index (χ2v) is 6.48. The number of nitrogens with one attached hydrogen (secondary N) is 1. The van der Waals surface area contributed by atoms with E-state index in [2.05, 4.69) is 10.2 Å². The second-order valence-electron chi connectivity index (χ2n) is 6.48. The molecule has 4 nitrogen and oxygen atoms in total. The minimum absolute atomic E-state index is 0.104. The highest BCUT2D eigenvalue weighted by Gasteiger charge is 2.25. The summed E-state index contributed by atoms with van der Waals surface area (Å²) >= 11 is 0. The third-order valence-corrected chi connectivity index (χ3v) is 4.54. The van der Waals surface area contributed by atoms with Gasteiger partial charge < -0.3 is 9.73 Å². The molecule has 0 atom stereocenters. The minimum Gasteiger partial charge on any atom is -0.468 e.